The Kier molecular flexibility index (Phi) is 5.28. The van der Waals surface area contributed by atoms with Crippen molar-refractivity contribution in [1.29, 1.82) is 0 Å². The highest BCUT2D eigenvalue weighted by Gasteiger charge is 2.40. The van der Waals surface area contributed by atoms with E-state index in [0.29, 0.717) is 32.4 Å². The molecule has 2 N–H and O–H groups in total. The zero-order valence-corrected chi connectivity index (χ0v) is 12.3. The number of hydrogen-bond donors (Lipinski definition) is 2. The number of nitrogens with one attached hydrogen (secondary N) is 2. The van der Waals surface area contributed by atoms with Gasteiger partial charge in [-0.25, -0.2) is 8.78 Å². The van der Waals surface area contributed by atoms with Gasteiger partial charge in [-0.3, -0.25) is 4.79 Å². The molecule has 2 rings (SSSR count). The molecule has 1 amide bonds. The second-order valence-electron chi connectivity index (χ2n) is 5.71. The average molecular weight is 296 g/mol. The predicted octanol–water partition coefficient (Wildman–Crippen LogP) is 2.50. The first-order chi connectivity index (χ1) is 10.1. The number of carbonyl (C=O) groups excluding carboxylic acids is 1. The Morgan fingerprint density at radius 3 is 2.43 bits per heavy atom. The largest absolute Gasteiger partial charge is 0.355 e. The van der Waals surface area contributed by atoms with Crippen molar-refractivity contribution in [2.45, 2.75) is 37.5 Å². The Morgan fingerprint density at radius 1 is 1.24 bits per heavy atom. The van der Waals surface area contributed by atoms with Crippen LogP contribution in [0.5, 0.6) is 0 Å². The van der Waals surface area contributed by atoms with Crippen LogP contribution in [0.1, 0.15) is 37.7 Å². The Bertz CT molecular complexity index is 479. The van der Waals surface area contributed by atoms with Crippen LogP contribution in [-0.2, 0) is 10.2 Å². The molecule has 0 radical (unpaired) electrons. The van der Waals surface area contributed by atoms with Gasteiger partial charge in [-0.2, -0.15) is 0 Å². The molecule has 0 saturated heterocycles. The first-order valence-corrected chi connectivity index (χ1v) is 7.45. The van der Waals surface area contributed by atoms with Gasteiger partial charge in [0.15, 0.2) is 0 Å². The van der Waals surface area contributed by atoms with Crippen LogP contribution in [0.2, 0.25) is 0 Å². The van der Waals surface area contributed by atoms with E-state index in [1.807, 2.05) is 0 Å². The SMILES string of the molecule is CNCCC(=O)NCC1(c2c(F)cccc2F)CCCC1. The molecule has 116 valence electrons. The summed E-state index contributed by atoms with van der Waals surface area (Å²) in [6.07, 6.45) is 3.64. The normalized spacial score (nSPS) is 16.9. The Hall–Kier alpha value is -1.49. The summed E-state index contributed by atoms with van der Waals surface area (Å²) in [7, 11) is 1.78. The summed E-state index contributed by atoms with van der Waals surface area (Å²) in [5.41, 5.74) is -0.471. The van der Waals surface area contributed by atoms with Gasteiger partial charge in [-0.05, 0) is 32.0 Å². The molecular weight excluding hydrogens is 274 g/mol. The van der Waals surface area contributed by atoms with Crippen LogP contribution < -0.4 is 10.6 Å². The lowest BCUT2D eigenvalue weighted by Crippen LogP contribution is -2.40. The molecule has 0 aromatic heterocycles. The molecule has 1 aromatic carbocycles. The highest BCUT2D eigenvalue weighted by Crippen LogP contribution is 2.42. The molecule has 1 aliphatic rings. The fourth-order valence-corrected chi connectivity index (χ4v) is 3.17. The number of rotatable bonds is 6. The molecule has 0 bridgehead atoms. The molecule has 3 nitrogen and oxygen atoms in total. The lowest BCUT2D eigenvalue weighted by molar-refractivity contribution is -0.121. The van der Waals surface area contributed by atoms with Gasteiger partial charge < -0.3 is 10.6 Å². The van der Waals surface area contributed by atoms with E-state index in [-0.39, 0.29) is 11.5 Å². The standard InChI is InChI=1S/C16H22F2N2O/c1-19-10-7-14(21)20-11-16(8-2-3-9-16)15-12(17)5-4-6-13(15)18/h4-6,19H,2-3,7-11H2,1H3,(H,20,21). The van der Waals surface area contributed by atoms with Gasteiger partial charge in [-0.15, -0.1) is 0 Å². The van der Waals surface area contributed by atoms with Crippen molar-refractivity contribution < 1.29 is 13.6 Å². The van der Waals surface area contributed by atoms with Crippen molar-refractivity contribution in [2.75, 3.05) is 20.1 Å². The Morgan fingerprint density at radius 2 is 1.86 bits per heavy atom. The maximum Gasteiger partial charge on any atom is 0.221 e. The first-order valence-electron chi connectivity index (χ1n) is 7.45. The molecular formula is C16H22F2N2O. The van der Waals surface area contributed by atoms with Crippen LogP contribution in [0.25, 0.3) is 0 Å². The van der Waals surface area contributed by atoms with Crippen molar-refractivity contribution in [3.05, 3.63) is 35.4 Å². The minimum Gasteiger partial charge on any atom is -0.355 e. The van der Waals surface area contributed by atoms with Crippen LogP contribution in [0.4, 0.5) is 8.78 Å². The third kappa shape index (κ3) is 3.59. The van der Waals surface area contributed by atoms with E-state index in [0.717, 1.165) is 12.8 Å². The van der Waals surface area contributed by atoms with Crippen LogP contribution in [0.15, 0.2) is 18.2 Å². The van der Waals surface area contributed by atoms with Crippen molar-refractivity contribution >= 4 is 5.91 Å². The van der Waals surface area contributed by atoms with Crippen LogP contribution in [-0.4, -0.2) is 26.0 Å². The summed E-state index contributed by atoms with van der Waals surface area (Å²) >= 11 is 0. The van der Waals surface area contributed by atoms with Crippen molar-refractivity contribution in [3.8, 4) is 0 Å². The molecule has 0 heterocycles. The van der Waals surface area contributed by atoms with Crippen LogP contribution in [0.3, 0.4) is 0 Å². The summed E-state index contributed by atoms with van der Waals surface area (Å²) in [4.78, 5) is 11.8. The van der Waals surface area contributed by atoms with E-state index < -0.39 is 17.0 Å². The van der Waals surface area contributed by atoms with Crippen LogP contribution >= 0.6 is 0 Å². The zero-order chi connectivity index (χ0) is 15.3. The summed E-state index contributed by atoms with van der Waals surface area (Å²) < 4.78 is 28.2. The highest BCUT2D eigenvalue weighted by molar-refractivity contribution is 5.76. The highest BCUT2D eigenvalue weighted by atomic mass is 19.1. The van der Waals surface area contributed by atoms with Crippen molar-refractivity contribution in [2.24, 2.45) is 0 Å². The van der Waals surface area contributed by atoms with Gasteiger partial charge in [0, 0.05) is 30.5 Å². The maximum absolute atomic E-state index is 14.1. The van der Waals surface area contributed by atoms with E-state index in [2.05, 4.69) is 10.6 Å². The average Bonchev–Trinajstić information content (AvgIpc) is 2.92. The fourth-order valence-electron chi connectivity index (χ4n) is 3.17. The fraction of sp³-hybridized carbons (Fsp3) is 0.562. The second-order valence-corrected chi connectivity index (χ2v) is 5.71. The summed E-state index contributed by atoms with van der Waals surface area (Å²) in [6, 6.07) is 3.96. The van der Waals surface area contributed by atoms with Gasteiger partial charge in [0.2, 0.25) is 5.91 Å². The van der Waals surface area contributed by atoms with Crippen LogP contribution in [0, 0.1) is 11.6 Å². The molecule has 5 heteroatoms. The van der Waals surface area contributed by atoms with Gasteiger partial charge in [-0.1, -0.05) is 18.9 Å². The number of carbonyl (C=O) groups is 1. The molecule has 0 unspecified atom stereocenters. The molecule has 0 aliphatic heterocycles. The van der Waals surface area contributed by atoms with Gasteiger partial charge in [0.05, 0.1) is 0 Å². The number of benzene rings is 1. The summed E-state index contributed by atoms with van der Waals surface area (Å²) in [6.45, 7) is 0.889. The second kappa shape index (κ2) is 6.98. The lowest BCUT2D eigenvalue weighted by Gasteiger charge is -2.30. The quantitative estimate of drug-likeness (QED) is 0.847. The Balaban J connectivity index is 2.16. The van der Waals surface area contributed by atoms with E-state index >= 15 is 0 Å². The molecule has 0 atom stereocenters. The third-order valence-electron chi connectivity index (χ3n) is 4.28. The summed E-state index contributed by atoms with van der Waals surface area (Å²) in [5, 5.41) is 5.75. The molecule has 1 aromatic rings. The minimum absolute atomic E-state index is 0.0904. The molecule has 1 aliphatic carbocycles. The maximum atomic E-state index is 14.1. The third-order valence-corrected chi connectivity index (χ3v) is 4.28. The van der Waals surface area contributed by atoms with Crippen molar-refractivity contribution in [3.63, 3.8) is 0 Å². The molecule has 21 heavy (non-hydrogen) atoms. The van der Waals surface area contributed by atoms with Gasteiger partial charge in [0.25, 0.3) is 0 Å². The van der Waals surface area contributed by atoms with Gasteiger partial charge >= 0.3 is 0 Å². The van der Waals surface area contributed by atoms with E-state index in [1.54, 1.807) is 7.05 Å². The zero-order valence-electron chi connectivity index (χ0n) is 12.3. The number of halogens is 2. The van der Waals surface area contributed by atoms with Gasteiger partial charge in [0.1, 0.15) is 11.6 Å². The summed E-state index contributed by atoms with van der Waals surface area (Å²) in [5.74, 6) is -1.12. The molecule has 0 spiro atoms. The topological polar surface area (TPSA) is 41.1 Å². The number of hydrogen-bond acceptors (Lipinski definition) is 2. The predicted molar refractivity (Wildman–Crippen MR) is 78.1 cm³/mol. The molecule has 1 saturated carbocycles. The van der Waals surface area contributed by atoms with E-state index in [4.69, 9.17) is 0 Å². The monoisotopic (exact) mass is 296 g/mol. The Labute approximate surface area is 124 Å². The first kappa shape index (κ1) is 15.9. The lowest BCUT2D eigenvalue weighted by atomic mass is 9.78. The smallest absolute Gasteiger partial charge is 0.221 e. The van der Waals surface area contributed by atoms with E-state index in [9.17, 15) is 13.6 Å². The van der Waals surface area contributed by atoms with E-state index in [1.165, 1.54) is 18.2 Å². The van der Waals surface area contributed by atoms with Crippen molar-refractivity contribution in [1.82, 2.24) is 10.6 Å². The minimum atomic E-state index is -0.606. The number of amides is 1. The molecule has 1 fully saturated rings.